The summed E-state index contributed by atoms with van der Waals surface area (Å²) in [6.45, 7) is 7.51. The molecule has 0 atom stereocenters. The molecule has 1 saturated heterocycles. The molecular formula is C23H28ClN3O2. The summed E-state index contributed by atoms with van der Waals surface area (Å²) >= 11 is 6.17. The van der Waals surface area contributed by atoms with Crippen LogP contribution >= 0.6 is 11.6 Å². The molecule has 0 unspecified atom stereocenters. The van der Waals surface area contributed by atoms with Gasteiger partial charge < -0.3 is 19.4 Å². The third kappa shape index (κ3) is 4.74. The molecule has 4 rings (SSSR count). The highest BCUT2D eigenvalue weighted by molar-refractivity contribution is 6.31. The summed E-state index contributed by atoms with van der Waals surface area (Å²) in [4.78, 5) is 10.5. The number of aryl methyl sites for hydroxylation is 2. The Morgan fingerprint density at radius 1 is 1.10 bits per heavy atom. The summed E-state index contributed by atoms with van der Waals surface area (Å²) < 4.78 is 11.9. The van der Waals surface area contributed by atoms with E-state index in [1.165, 1.54) is 0 Å². The number of rotatable bonds is 6. The van der Waals surface area contributed by atoms with Gasteiger partial charge in [0.25, 0.3) is 0 Å². The topological polar surface area (TPSA) is 50.4 Å². The molecule has 29 heavy (non-hydrogen) atoms. The standard InChI is InChI=1S/C23H28ClN3O2/c1-15-13-19(29-11-10-28-18-6-8-27(3)9-7-18)4-5-20(15)23-25-21-14-17(24)12-16(2)22(21)26-23/h4-5,12-14,18H,6-11H2,1-3H3,(H,25,26). The number of likely N-dealkylation sites (tertiary alicyclic amines) is 1. The Morgan fingerprint density at radius 3 is 2.66 bits per heavy atom. The van der Waals surface area contributed by atoms with Crippen LogP contribution in [-0.2, 0) is 4.74 Å². The van der Waals surface area contributed by atoms with E-state index in [4.69, 9.17) is 26.1 Å². The minimum Gasteiger partial charge on any atom is -0.491 e. The van der Waals surface area contributed by atoms with Gasteiger partial charge >= 0.3 is 0 Å². The van der Waals surface area contributed by atoms with Crippen molar-refractivity contribution >= 4 is 22.6 Å². The van der Waals surface area contributed by atoms with Crippen LogP contribution in [0.5, 0.6) is 5.75 Å². The van der Waals surface area contributed by atoms with E-state index < -0.39 is 0 Å². The predicted molar refractivity (Wildman–Crippen MR) is 118 cm³/mol. The first-order valence-electron chi connectivity index (χ1n) is 10.2. The Labute approximate surface area is 177 Å². The number of imidazole rings is 1. The molecule has 0 spiro atoms. The number of hydrogen-bond acceptors (Lipinski definition) is 4. The van der Waals surface area contributed by atoms with Crippen molar-refractivity contribution in [3.8, 4) is 17.1 Å². The molecule has 0 radical (unpaired) electrons. The number of ether oxygens (including phenoxy) is 2. The quantitative estimate of drug-likeness (QED) is 0.578. The number of nitrogens with one attached hydrogen (secondary N) is 1. The number of piperidine rings is 1. The van der Waals surface area contributed by atoms with Gasteiger partial charge in [-0.15, -0.1) is 0 Å². The van der Waals surface area contributed by atoms with Gasteiger partial charge in [-0.25, -0.2) is 4.98 Å². The van der Waals surface area contributed by atoms with Crippen molar-refractivity contribution in [1.29, 1.82) is 0 Å². The molecular weight excluding hydrogens is 386 g/mol. The molecule has 1 fully saturated rings. The fraction of sp³-hybridized carbons (Fsp3) is 0.435. The van der Waals surface area contributed by atoms with Crippen molar-refractivity contribution in [2.24, 2.45) is 0 Å². The predicted octanol–water partition coefficient (Wildman–Crippen LogP) is 4.99. The first-order chi connectivity index (χ1) is 14.0. The van der Waals surface area contributed by atoms with Crippen molar-refractivity contribution in [1.82, 2.24) is 14.9 Å². The SMILES string of the molecule is Cc1cc(OCCOC2CCN(C)CC2)ccc1-c1nc2c(C)cc(Cl)cc2[nH]1. The van der Waals surface area contributed by atoms with Gasteiger partial charge in [0.1, 0.15) is 18.2 Å². The lowest BCUT2D eigenvalue weighted by molar-refractivity contribution is -0.000257. The minimum atomic E-state index is 0.365. The monoisotopic (exact) mass is 413 g/mol. The van der Waals surface area contributed by atoms with Crippen LogP contribution in [-0.4, -0.2) is 54.3 Å². The van der Waals surface area contributed by atoms with E-state index in [0.29, 0.717) is 24.3 Å². The van der Waals surface area contributed by atoms with Gasteiger partial charge in [-0.2, -0.15) is 0 Å². The number of nitrogens with zero attached hydrogens (tertiary/aromatic N) is 2. The summed E-state index contributed by atoms with van der Waals surface area (Å²) in [7, 11) is 2.16. The number of aromatic amines is 1. The molecule has 6 heteroatoms. The number of halogens is 1. The van der Waals surface area contributed by atoms with Crippen molar-refractivity contribution in [3.63, 3.8) is 0 Å². The van der Waals surface area contributed by atoms with Gasteiger partial charge in [0.15, 0.2) is 0 Å². The Hall–Kier alpha value is -2.08. The molecule has 2 heterocycles. The summed E-state index contributed by atoms with van der Waals surface area (Å²) in [6.07, 6.45) is 2.57. The Bertz CT molecular complexity index is 993. The lowest BCUT2D eigenvalue weighted by Crippen LogP contribution is -2.34. The number of aromatic nitrogens is 2. The maximum Gasteiger partial charge on any atom is 0.138 e. The lowest BCUT2D eigenvalue weighted by atomic mass is 10.1. The van der Waals surface area contributed by atoms with Crippen LogP contribution in [0.1, 0.15) is 24.0 Å². The highest BCUT2D eigenvalue weighted by atomic mass is 35.5. The molecule has 1 aromatic heterocycles. The van der Waals surface area contributed by atoms with Crippen LogP contribution < -0.4 is 4.74 Å². The Balaban J connectivity index is 1.37. The maximum absolute atomic E-state index is 6.17. The van der Waals surface area contributed by atoms with Crippen molar-refractivity contribution in [3.05, 3.63) is 46.5 Å². The second kappa shape index (κ2) is 8.74. The Morgan fingerprint density at radius 2 is 1.90 bits per heavy atom. The van der Waals surface area contributed by atoms with Gasteiger partial charge in [-0.05, 0) is 75.2 Å². The summed E-state index contributed by atoms with van der Waals surface area (Å²) in [5.41, 5.74) is 5.15. The van der Waals surface area contributed by atoms with E-state index >= 15 is 0 Å². The average molecular weight is 414 g/mol. The van der Waals surface area contributed by atoms with E-state index in [2.05, 4.69) is 36.0 Å². The summed E-state index contributed by atoms with van der Waals surface area (Å²) in [5.74, 6) is 1.70. The molecule has 2 aromatic carbocycles. The number of hydrogen-bond donors (Lipinski definition) is 1. The largest absolute Gasteiger partial charge is 0.491 e. The molecule has 5 nitrogen and oxygen atoms in total. The van der Waals surface area contributed by atoms with Crippen LogP contribution in [0.3, 0.4) is 0 Å². The summed E-state index contributed by atoms with van der Waals surface area (Å²) in [5, 5.41) is 0.716. The second-order valence-corrected chi connectivity index (χ2v) is 8.34. The molecule has 1 aliphatic rings. The minimum absolute atomic E-state index is 0.365. The van der Waals surface area contributed by atoms with Gasteiger partial charge in [0, 0.05) is 23.7 Å². The smallest absolute Gasteiger partial charge is 0.138 e. The zero-order valence-corrected chi connectivity index (χ0v) is 18.1. The van der Waals surface area contributed by atoms with E-state index in [1.54, 1.807) is 0 Å². The molecule has 3 aromatic rings. The Kier molecular flexibility index (Phi) is 6.09. The van der Waals surface area contributed by atoms with E-state index in [1.807, 2.05) is 25.1 Å². The summed E-state index contributed by atoms with van der Waals surface area (Å²) in [6, 6.07) is 9.95. The zero-order valence-electron chi connectivity index (χ0n) is 17.3. The molecule has 1 aliphatic heterocycles. The maximum atomic E-state index is 6.17. The van der Waals surface area contributed by atoms with E-state index in [-0.39, 0.29) is 0 Å². The first kappa shape index (κ1) is 20.2. The molecule has 0 aliphatic carbocycles. The molecule has 0 amide bonds. The fourth-order valence-electron chi connectivity index (χ4n) is 3.89. The third-order valence-corrected chi connectivity index (χ3v) is 5.78. The van der Waals surface area contributed by atoms with Crippen LogP contribution in [0.2, 0.25) is 5.02 Å². The zero-order chi connectivity index (χ0) is 20.4. The van der Waals surface area contributed by atoms with Crippen molar-refractivity contribution in [2.75, 3.05) is 33.4 Å². The van der Waals surface area contributed by atoms with E-state index in [9.17, 15) is 0 Å². The van der Waals surface area contributed by atoms with Gasteiger partial charge in [-0.1, -0.05) is 11.6 Å². The first-order valence-corrected chi connectivity index (χ1v) is 10.6. The molecule has 154 valence electrons. The van der Waals surface area contributed by atoms with Crippen LogP contribution in [0, 0.1) is 13.8 Å². The average Bonchev–Trinajstić information content (AvgIpc) is 3.11. The fourth-order valence-corrected chi connectivity index (χ4v) is 4.16. The second-order valence-electron chi connectivity index (χ2n) is 7.90. The van der Waals surface area contributed by atoms with Crippen LogP contribution in [0.15, 0.2) is 30.3 Å². The highest BCUT2D eigenvalue weighted by Crippen LogP contribution is 2.29. The van der Waals surface area contributed by atoms with Gasteiger partial charge in [0.05, 0.1) is 23.7 Å². The van der Waals surface area contributed by atoms with Crippen LogP contribution in [0.4, 0.5) is 0 Å². The number of benzene rings is 2. The van der Waals surface area contributed by atoms with Gasteiger partial charge in [0.2, 0.25) is 0 Å². The lowest BCUT2D eigenvalue weighted by Gasteiger charge is -2.28. The van der Waals surface area contributed by atoms with Crippen molar-refractivity contribution < 1.29 is 9.47 Å². The number of fused-ring (bicyclic) bond motifs is 1. The number of H-pyrrole nitrogens is 1. The normalized spacial score (nSPS) is 15.9. The van der Waals surface area contributed by atoms with Gasteiger partial charge in [-0.3, -0.25) is 0 Å². The van der Waals surface area contributed by atoms with Crippen molar-refractivity contribution in [2.45, 2.75) is 32.8 Å². The molecule has 0 bridgehead atoms. The molecule has 0 saturated carbocycles. The highest BCUT2D eigenvalue weighted by Gasteiger charge is 2.17. The van der Waals surface area contributed by atoms with E-state index in [0.717, 1.165) is 65.2 Å². The molecule has 1 N–H and O–H groups in total. The third-order valence-electron chi connectivity index (χ3n) is 5.57. The van der Waals surface area contributed by atoms with Crippen LogP contribution in [0.25, 0.3) is 22.4 Å².